The first kappa shape index (κ1) is 14.2. The Kier molecular flexibility index (Phi) is 4.58. The largest absolute Gasteiger partial charge is 0.310 e. The minimum absolute atomic E-state index is 0.282. The molecular formula is C15H21Cl2N. The fourth-order valence-electron chi connectivity index (χ4n) is 2.55. The fraction of sp³-hybridized carbons (Fsp3) is 0.600. The molecule has 1 aliphatic carbocycles. The van der Waals surface area contributed by atoms with Crippen molar-refractivity contribution >= 4 is 23.2 Å². The molecule has 0 aromatic heterocycles. The van der Waals surface area contributed by atoms with Gasteiger partial charge in [0.2, 0.25) is 0 Å². The van der Waals surface area contributed by atoms with Crippen LogP contribution in [-0.2, 0) is 0 Å². The van der Waals surface area contributed by atoms with Crippen LogP contribution in [0.15, 0.2) is 18.2 Å². The van der Waals surface area contributed by atoms with E-state index in [0.29, 0.717) is 10.4 Å². The Morgan fingerprint density at radius 3 is 2.61 bits per heavy atom. The van der Waals surface area contributed by atoms with Gasteiger partial charge in [-0.25, -0.2) is 0 Å². The highest BCUT2D eigenvalue weighted by Gasteiger charge is 2.41. The van der Waals surface area contributed by atoms with Gasteiger partial charge < -0.3 is 5.32 Å². The Morgan fingerprint density at radius 2 is 2.06 bits per heavy atom. The van der Waals surface area contributed by atoms with Crippen molar-refractivity contribution in [2.24, 2.45) is 5.41 Å². The summed E-state index contributed by atoms with van der Waals surface area (Å²) < 4.78 is 0. The van der Waals surface area contributed by atoms with Crippen molar-refractivity contribution in [2.45, 2.75) is 45.6 Å². The predicted molar refractivity (Wildman–Crippen MR) is 79.5 cm³/mol. The minimum atomic E-state index is 0.282. The monoisotopic (exact) mass is 285 g/mol. The first-order chi connectivity index (χ1) is 8.56. The number of hydrogen-bond donors (Lipinski definition) is 1. The summed E-state index contributed by atoms with van der Waals surface area (Å²) in [5.41, 5.74) is 1.70. The topological polar surface area (TPSA) is 12.0 Å². The number of benzene rings is 1. The van der Waals surface area contributed by atoms with Crippen LogP contribution in [0.2, 0.25) is 10.0 Å². The maximum Gasteiger partial charge on any atom is 0.0468 e. The summed E-state index contributed by atoms with van der Waals surface area (Å²) >= 11 is 12.1. The van der Waals surface area contributed by atoms with Crippen LogP contribution in [-0.4, -0.2) is 6.54 Å². The number of halogens is 2. The lowest BCUT2D eigenvalue weighted by Gasteiger charge is -2.20. The molecule has 1 unspecified atom stereocenters. The van der Waals surface area contributed by atoms with E-state index in [1.807, 2.05) is 18.2 Å². The lowest BCUT2D eigenvalue weighted by atomic mass is 9.99. The van der Waals surface area contributed by atoms with Crippen molar-refractivity contribution in [3.63, 3.8) is 0 Å². The molecular weight excluding hydrogens is 265 g/mol. The maximum atomic E-state index is 6.23. The third kappa shape index (κ3) is 3.40. The van der Waals surface area contributed by atoms with Gasteiger partial charge in [-0.1, -0.05) is 42.6 Å². The van der Waals surface area contributed by atoms with Gasteiger partial charge in [-0.05, 0) is 49.3 Å². The van der Waals surface area contributed by atoms with Gasteiger partial charge in [0.25, 0.3) is 0 Å². The average molecular weight is 286 g/mol. The molecule has 0 heterocycles. The van der Waals surface area contributed by atoms with Crippen LogP contribution in [0.5, 0.6) is 0 Å². The van der Waals surface area contributed by atoms with Gasteiger partial charge in [-0.2, -0.15) is 0 Å². The van der Waals surface area contributed by atoms with Crippen LogP contribution in [0.4, 0.5) is 0 Å². The third-order valence-electron chi connectivity index (χ3n) is 3.95. The Labute approximate surface area is 120 Å². The van der Waals surface area contributed by atoms with Crippen LogP contribution in [0, 0.1) is 5.41 Å². The van der Waals surface area contributed by atoms with Crippen molar-refractivity contribution in [3.05, 3.63) is 33.8 Å². The molecule has 0 spiro atoms. The molecule has 0 aliphatic heterocycles. The van der Waals surface area contributed by atoms with Crippen molar-refractivity contribution in [3.8, 4) is 0 Å². The zero-order valence-electron chi connectivity index (χ0n) is 11.1. The molecule has 1 atom stereocenters. The van der Waals surface area contributed by atoms with Crippen LogP contribution >= 0.6 is 23.2 Å². The summed E-state index contributed by atoms with van der Waals surface area (Å²) in [5.74, 6) is 0. The van der Waals surface area contributed by atoms with Crippen LogP contribution in [0.25, 0.3) is 0 Å². The second-order valence-corrected chi connectivity index (χ2v) is 6.36. The highest BCUT2D eigenvalue weighted by Crippen LogP contribution is 2.49. The lowest BCUT2D eigenvalue weighted by Crippen LogP contribution is -2.27. The van der Waals surface area contributed by atoms with E-state index in [1.54, 1.807) is 0 Å². The molecule has 1 aromatic rings. The van der Waals surface area contributed by atoms with E-state index in [-0.39, 0.29) is 6.04 Å². The second-order valence-electron chi connectivity index (χ2n) is 5.52. The van der Waals surface area contributed by atoms with Crippen molar-refractivity contribution in [2.75, 3.05) is 6.54 Å². The molecule has 1 N–H and O–H groups in total. The molecule has 18 heavy (non-hydrogen) atoms. The van der Waals surface area contributed by atoms with E-state index in [1.165, 1.54) is 25.7 Å². The minimum Gasteiger partial charge on any atom is -0.310 e. The Morgan fingerprint density at radius 1 is 1.33 bits per heavy atom. The van der Waals surface area contributed by atoms with Gasteiger partial charge in [0.05, 0.1) is 0 Å². The van der Waals surface area contributed by atoms with Crippen molar-refractivity contribution in [1.29, 1.82) is 0 Å². The van der Waals surface area contributed by atoms with Gasteiger partial charge in [0, 0.05) is 22.6 Å². The first-order valence-corrected chi connectivity index (χ1v) is 7.50. The van der Waals surface area contributed by atoms with E-state index >= 15 is 0 Å². The molecule has 0 amide bonds. The number of nitrogens with one attached hydrogen (secondary N) is 1. The quantitative estimate of drug-likeness (QED) is 0.755. The smallest absolute Gasteiger partial charge is 0.0468 e. The van der Waals surface area contributed by atoms with E-state index in [0.717, 1.165) is 17.1 Å². The van der Waals surface area contributed by atoms with Gasteiger partial charge in [0.15, 0.2) is 0 Å². The van der Waals surface area contributed by atoms with Crippen molar-refractivity contribution in [1.82, 2.24) is 5.32 Å². The number of rotatable bonds is 6. The van der Waals surface area contributed by atoms with Gasteiger partial charge >= 0.3 is 0 Å². The summed E-state index contributed by atoms with van der Waals surface area (Å²) in [5, 5.41) is 5.07. The zero-order chi connectivity index (χ0) is 13.2. The highest BCUT2D eigenvalue weighted by atomic mass is 35.5. The molecule has 0 radical (unpaired) electrons. The molecule has 1 fully saturated rings. The Hall–Kier alpha value is -0.240. The highest BCUT2D eigenvalue weighted by molar-refractivity contribution is 6.35. The molecule has 100 valence electrons. The Balaban J connectivity index is 1.93. The van der Waals surface area contributed by atoms with Crippen LogP contribution < -0.4 is 5.32 Å². The van der Waals surface area contributed by atoms with Crippen LogP contribution in [0.1, 0.15) is 51.1 Å². The molecule has 3 heteroatoms. The van der Waals surface area contributed by atoms with E-state index < -0.39 is 0 Å². The lowest BCUT2D eigenvalue weighted by molar-refractivity contribution is 0.397. The summed E-state index contributed by atoms with van der Waals surface area (Å²) in [4.78, 5) is 0. The molecule has 0 saturated heterocycles. The third-order valence-corrected chi connectivity index (χ3v) is 4.51. The fourth-order valence-corrected chi connectivity index (χ4v) is 3.13. The molecule has 1 nitrogen and oxygen atoms in total. The molecule has 1 aromatic carbocycles. The normalized spacial score (nSPS) is 18.7. The summed E-state index contributed by atoms with van der Waals surface area (Å²) in [6.07, 6.45) is 5.35. The van der Waals surface area contributed by atoms with E-state index in [4.69, 9.17) is 23.2 Å². The van der Waals surface area contributed by atoms with E-state index in [2.05, 4.69) is 19.2 Å². The average Bonchev–Trinajstić information content (AvgIpc) is 3.07. The molecule has 1 aliphatic rings. The van der Waals surface area contributed by atoms with Crippen molar-refractivity contribution < 1.29 is 0 Å². The zero-order valence-corrected chi connectivity index (χ0v) is 12.6. The van der Waals surface area contributed by atoms with E-state index in [9.17, 15) is 0 Å². The van der Waals surface area contributed by atoms with Gasteiger partial charge in [0.1, 0.15) is 0 Å². The van der Waals surface area contributed by atoms with Gasteiger partial charge in [-0.3, -0.25) is 0 Å². The molecule has 0 bridgehead atoms. The summed E-state index contributed by atoms with van der Waals surface area (Å²) in [6.45, 7) is 5.53. The maximum absolute atomic E-state index is 6.23. The summed E-state index contributed by atoms with van der Waals surface area (Å²) in [6, 6.07) is 6.01. The summed E-state index contributed by atoms with van der Waals surface area (Å²) in [7, 11) is 0. The SMILES string of the molecule is CCCC1(CNC(C)c2ccc(Cl)cc2Cl)CC1. The second kappa shape index (κ2) is 5.81. The predicted octanol–water partition coefficient (Wildman–Crippen LogP) is 5.22. The standard InChI is InChI=1S/C15H21Cl2N/c1-3-6-15(7-8-15)10-18-11(2)13-5-4-12(16)9-14(13)17/h4-5,9,11,18H,3,6-8,10H2,1-2H3. The molecule has 2 rings (SSSR count). The first-order valence-electron chi connectivity index (χ1n) is 6.75. The van der Waals surface area contributed by atoms with Gasteiger partial charge in [-0.15, -0.1) is 0 Å². The number of hydrogen-bond acceptors (Lipinski definition) is 1. The van der Waals surface area contributed by atoms with Crippen LogP contribution in [0.3, 0.4) is 0 Å². The molecule has 1 saturated carbocycles. The Bertz CT molecular complexity index is 413.